The quantitative estimate of drug-likeness (QED) is 0.397. The molecule has 3 aromatic heterocycles. The summed E-state index contributed by atoms with van der Waals surface area (Å²) in [6, 6.07) is 10.6. The third kappa shape index (κ3) is 5.34. The van der Waals surface area contributed by atoms with Gasteiger partial charge in [0, 0.05) is 35.5 Å². The van der Waals surface area contributed by atoms with Gasteiger partial charge in [0.25, 0.3) is 5.91 Å². The van der Waals surface area contributed by atoms with Crippen LogP contribution in [0.4, 0.5) is 18.9 Å². The number of carbonyl (C=O) groups is 1. The van der Waals surface area contributed by atoms with Crippen molar-refractivity contribution < 1.29 is 22.7 Å². The van der Waals surface area contributed by atoms with Gasteiger partial charge in [0.15, 0.2) is 11.6 Å². The van der Waals surface area contributed by atoms with Crippen molar-refractivity contribution in [2.75, 3.05) is 5.73 Å². The van der Waals surface area contributed by atoms with Crippen molar-refractivity contribution in [3.63, 3.8) is 0 Å². The van der Waals surface area contributed by atoms with Crippen LogP contribution < -0.4 is 15.8 Å². The number of nitrogen functional groups attached to an aromatic ring is 1. The van der Waals surface area contributed by atoms with Crippen LogP contribution >= 0.6 is 11.6 Å². The molecule has 7 nitrogen and oxygen atoms in total. The molecule has 1 aromatic carbocycles. The number of aromatic nitrogens is 3. The molecule has 4 rings (SSSR count). The van der Waals surface area contributed by atoms with Gasteiger partial charge in [-0.2, -0.15) is 8.78 Å². The molecule has 0 spiro atoms. The number of ether oxygens (including phenoxy) is 1. The lowest BCUT2D eigenvalue weighted by Crippen LogP contribution is -2.24. The van der Waals surface area contributed by atoms with Gasteiger partial charge in [-0.05, 0) is 35.9 Å². The molecular formula is C23H17ClF3N5O2. The van der Waals surface area contributed by atoms with Crippen LogP contribution in [0.1, 0.15) is 27.3 Å². The number of nitrogens with two attached hydrogens (primary N) is 1. The highest BCUT2D eigenvalue weighted by Gasteiger charge is 2.19. The molecule has 0 aliphatic carbocycles. The first-order valence-electron chi connectivity index (χ1n) is 9.95. The topological polar surface area (TPSA) is 103 Å². The lowest BCUT2D eigenvalue weighted by molar-refractivity contribution is -0.0518. The molecule has 4 aromatic rings. The highest BCUT2D eigenvalue weighted by molar-refractivity contribution is 6.31. The molecule has 3 N–H and O–H groups in total. The second-order valence-corrected chi connectivity index (χ2v) is 7.69. The molecule has 0 saturated carbocycles. The molecule has 0 fully saturated rings. The monoisotopic (exact) mass is 487 g/mol. The number of amides is 1. The molecule has 0 atom stereocenters. The first kappa shape index (κ1) is 23.2. The predicted octanol–water partition coefficient (Wildman–Crippen LogP) is 4.52. The summed E-state index contributed by atoms with van der Waals surface area (Å²) >= 11 is 6.02. The zero-order valence-corrected chi connectivity index (χ0v) is 18.2. The van der Waals surface area contributed by atoms with Crippen LogP contribution in [0.15, 0.2) is 55.0 Å². The summed E-state index contributed by atoms with van der Waals surface area (Å²) in [6.45, 7) is -3.62. The van der Waals surface area contributed by atoms with E-state index >= 15 is 0 Å². The summed E-state index contributed by atoms with van der Waals surface area (Å²) in [5, 5.41) is 3.91. The zero-order chi connectivity index (χ0) is 24.2. The first-order valence-corrected chi connectivity index (χ1v) is 10.3. The van der Waals surface area contributed by atoms with Crippen LogP contribution in [0.2, 0.25) is 5.02 Å². The first-order chi connectivity index (χ1) is 16.3. The Labute approximate surface area is 196 Å². The third-order valence-electron chi connectivity index (χ3n) is 4.87. The van der Waals surface area contributed by atoms with Gasteiger partial charge in [0.2, 0.25) is 0 Å². The number of carbonyl (C=O) groups excluding carboxylic acids is 1. The van der Waals surface area contributed by atoms with Crippen LogP contribution in [0.5, 0.6) is 5.75 Å². The molecule has 0 aliphatic rings. The summed E-state index contributed by atoms with van der Waals surface area (Å²) in [5.74, 6) is -2.50. The molecule has 0 unspecified atom stereocenters. The van der Waals surface area contributed by atoms with E-state index in [1.54, 1.807) is 12.3 Å². The largest absolute Gasteiger partial charge is 0.429 e. The van der Waals surface area contributed by atoms with E-state index in [0.29, 0.717) is 17.1 Å². The van der Waals surface area contributed by atoms with Gasteiger partial charge in [-0.15, -0.1) is 0 Å². The minimum atomic E-state index is -3.26. The summed E-state index contributed by atoms with van der Waals surface area (Å²) < 4.78 is 43.5. The number of pyridine rings is 3. The minimum absolute atomic E-state index is 0.287. The SMILES string of the molecule is Nc1cnc(CNC(=O)c2ccnc(Cc3ccc4ncc(Cl)cc4c3)c2)c(F)c1OC(F)F. The van der Waals surface area contributed by atoms with Gasteiger partial charge in [-0.1, -0.05) is 17.7 Å². The number of rotatable bonds is 7. The molecule has 0 aliphatic heterocycles. The lowest BCUT2D eigenvalue weighted by Gasteiger charge is -2.12. The van der Waals surface area contributed by atoms with Crippen LogP contribution in [0.25, 0.3) is 10.9 Å². The Kier molecular flexibility index (Phi) is 6.78. The van der Waals surface area contributed by atoms with Crippen molar-refractivity contribution in [1.82, 2.24) is 20.3 Å². The van der Waals surface area contributed by atoms with E-state index in [9.17, 15) is 18.0 Å². The molecule has 174 valence electrons. The highest BCUT2D eigenvalue weighted by atomic mass is 35.5. The molecule has 1 amide bonds. The van der Waals surface area contributed by atoms with Gasteiger partial charge in [0.1, 0.15) is 0 Å². The van der Waals surface area contributed by atoms with E-state index in [1.165, 1.54) is 12.3 Å². The molecule has 0 bridgehead atoms. The standard InChI is InChI=1S/C23H17ClF3N5O2/c24-15-7-14-5-12(1-2-18(14)30-9-15)6-16-8-13(3-4-29-16)22(33)32-11-19-20(25)21(34-23(26)27)17(28)10-31-19/h1-5,7-10,23H,6,11,28H2,(H,32,33). The Hall–Kier alpha value is -3.92. The molecule has 3 heterocycles. The Bertz CT molecular complexity index is 1370. The number of fused-ring (bicyclic) bond motifs is 1. The number of nitrogens with zero attached hydrogens (tertiary/aromatic N) is 3. The molecule has 34 heavy (non-hydrogen) atoms. The Morgan fingerprint density at radius 1 is 1.12 bits per heavy atom. The third-order valence-corrected chi connectivity index (χ3v) is 5.08. The summed E-state index contributed by atoms with van der Waals surface area (Å²) in [6.07, 6.45) is 4.50. The second kappa shape index (κ2) is 9.92. The van der Waals surface area contributed by atoms with Gasteiger partial charge >= 0.3 is 6.61 Å². The number of hydrogen-bond acceptors (Lipinski definition) is 6. The summed E-state index contributed by atoms with van der Waals surface area (Å²) in [4.78, 5) is 24.9. The molecule has 11 heteroatoms. The number of alkyl halides is 2. The van der Waals surface area contributed by atoms with E-state index in [0.717, 1.165) is 22.7 Å². The maximum absolute atomic E-state index is 14.4. The van der Waals surface area contributed by atoms with Gasteiger partial charge in [-0.25, -0.2) is 4.39 Å². The number of halogens is 4. The Morgan fingerprint density at radius 2 is 1.94 bits per heavy atom. The Morgan fingerprint density at radius 3 is 2.74 bits per heavy atom. The van der Waals surface area contributed by atoms with Crippen LogP contribution in [-0.2, 0) is 13.0 Å². The Balaban J connectivity index is 1.46. The second-order valence-electron chi connectivity index (χ2n) is 7.26. The fourth-order valence-corrected chi connectivity index (χ4v) is 3.47. The maximum atomic E-state index is 14.4. The van der Waals surface area contributed by atoms with Crippen LogP contribution in [-0.4, -0.2) is 27.5 Å². The van der Waals surface area contributed by atoms with Gasteiger partial charge < -0.3 is 15.8 Å². The van der Waals surface area contributed by atoms with Crippen molar-refractivity contribution >= 4 is 34.1 Å². The summed E-state index contributed by atoms with van der Waals surface area (Å²) in [5.41, 5.74) is 7.44. The molecule has 0 saturated heterocycles. The van der Waals surface area contributed by atoms with Crippen LogP contribution in [0, 0.1) is 5.82 Å². The fourth-order valence-electron chi connectivity index (χ4n) is 3.31. The molecule has 0 radical (unpaired) electrons. The van der Waals surface area contributed by atoms with Crippen molar-refractivity contribution in [3.8, 4) is 5.75 Å². The molecular weight excluding hydrogens is 471 g/mol. The normalized spacial score (nSPS) is 11.1. The number of anilines is 1. The van der Waals surface area contributed by atoms with E-state index in [4.69, 9.17) is 17.3 Å². The zero-order valence-electron chi connectivity index (χ0n) is 17.4. The van der Waals surface area contributed by atoms with Crippen molar-refractivity contribution in [2.45, 2.75) is 19.6 Å². The van der Waals surface area contributed by atoms with Crippen molar-refractivity contribution in [3.05, 3.63) is 88.3 Å². The van der Waals surface area contributed by atoms with E-state index < -0.39 is 24.1 Å². The van der Waals surface area contributed by atoms with Crippen LogP contribution in [0.3, 0.4) is 0 Å². The van der Waals surface area contributed by atoms with E-state index in [-0.39, 0.29) is 23.5 Å². The fraction of sp³-hybridized carbons (Fsp3) is 0.130. The van der Waals surface area contributed by atoms with Crippen molar-refractivity contribution in [1.29, 1.82) is 0 Å². The average molecular weight is 488 g/mol. The summed E-state index contributed by atoms with van der Waals surface area (Å²) in [7, 11) is 0. The van der Waals surface area contributed by atoms with Gasteiger partial charge in [-0.3, -0.25) is 19.7 Å². The van der Waals surface area contributed by atoms with E-state index in [2.05, 4.69) is 25.0 Å². The van der Waals surface area contributed by atoms with Crippen molar-refractivity contribution in [2.24, 2.45) is 0 Å². The maximum Gasteiger partial charge on any atom is 0.387 e. The number of nitrogens with one attached hydrogen (secondary N) is 1. The van der Waals surface area contributed by atoms with E-state index in [1.807, 2.05) is 24.3 Å². The lowest BCUT2D eigenvalue weighted by atomic mass is 10.0. The van der Waals surface area contributed by atoms with Gasteiger partial charge in [0.05, 0.1) is 34.7 Å². The number of hydrogen-bond donors (Lipinski definition) is 2. The minimum Gasteiger partial charge on any atom is -0.429 e. The smallest absolute Gasteiger partial charge is 0.387 e. The average Bonchev–Trinajstić information content (AvgIpc) is 2.81. The predicted molar refractivity (Wildman–Crippen MR) is 120 cm³/mol. The number of benzene rings is 1. The highest BCUT2D eigenvalue weighted by Crippen LogP contribution is 2.28.